The molecular formula is C16H19N3O. The van der Waals surface area contributed by atoms with Gasteiger partial charge in [-0.05, 0) is 32.1 Å². The molecular weight excluding hydrogens is 250 g/mol. The van der Waals surface area contributed by atoms with Gasteiger partial charge in [-0.15, -0.1) is 0 Å². The van der Waals surface area contributed by atoms with E-state index in [0.717, 1.165) is 36.0 Å². The van der Waals surface area contributed by atoms with Gasteiger partial charge in [0.25, 0.3) is 5.91 Å². The maximum absolute atomic E-state index is 12.4. The number of hydrogen-bond acceptors (Lipinski definition) is 3. The molecule has 104 valence electrons. The lowest BCUT2D eigenvalue weighted by atomic mass is 10.1. The van der Waals surface area contributed by atoms with E-state index in [4.69, 9.17) is 0 Å². The van der Waals surface area contributed by atoms with Crippen LogP contribution in [0.25, 0.3) is 10.8 Å². The van der Waals surface area contributed by atoms with Crippen LogP contribution in [0.2, 0.25) is 0 Å². The number of nitrogens with zero attached hydrogens (tertiary/aromatic N) is 1. The van der Waals surface area contributed by atoms with Crippen LogP contribution in [0, 0.1) is 0 Å². The lowest BCUT2D eigenvalue weighted by Crippen LogP contribution is -2.34. The maximum atomic E-state index is 12.4. The van der Waals surface area contributed by atoms with Crippen molar-refractivity contribution in [3.8, 4) is 0 Å². The highest BCUT2D eigenvalue weighted by Crippen LogP contribution is 2.35. The van der Waals surface area contributed by atoms with Gasteiger partial charge in [0.05, 0.1) is 5.56 Å². The van der Waals surface area contributed by atoms with Crippen molar-refractivity contribution in [3.63, 3.8) is 0 Å². The average molecular weight is 269 g/mol. The minimum atomic E-state index is -0.0308. The van der Waals surface area contributed by atoms with E-state index in [1.54, 1.807) is 6.20 Å². The monoisotopic (exact) mass is 269 g/mol. The van der Waals surface area contributed by atoms with E-state index in [9.17, 15) is 4.79 Å². The van der Waals surface area contributed by atoms with E-state index in [0.29, 0.717) is 5.56 Å². The Kier molecular flexibility index (Phi) is 3.08. The number of pyridine rings is 1. The van der Waals surface area contributed by atoms with Gasteiger partial charge in [-0.2, -0.15) is 0 Å². The van der Waals surface area contributed by atoms with Crippen LogP contribution in [-0.2, 0) is 0 Å². The number of aromatic nitrogens is 1. The van der Waals surface area contributed by atoms with Gasteiger partial charge < -0.3 is 10.6 Å². The summed E-state index contributed by atoms with van der Waals surface area (Å²) in [4.78, 5) is 16.8. The number of hydrogen-bond donors (Lipinski definition) is 2. The quantitative estimate of drug-likeness (QED) is 0.897. The summed E-state index contributed by atoms with van der Waals surface area (Å²) in [5.74, 6) is 0.800. The Hall–Kier alpha value is -2.10. The van der Waals surface area contributed by atoms with Crippen LogP contribution in [-0.4, -0.2) is 23.0 Å². The van der Waals surface area contributed by atoms with Crippen LogP contribution in [0.5, 0.6) is 0 Å². The molecule has 2 N–H and O–H groups in total. The van der Waals surface area contributed by atoms with Crippen LogP contribution >= 0.6 is 0 Å². The maximum Gasteiger partial charge on any atom is 0.253 e. The molecule has 20 heavy (non-hydrogen) atoms. The Labute approximate surface area is 118 Å². The van der Waals surface area contributed by atoms with E-state index in [2.05, 4.69) is 22.5 Å². The molecule has 4 heteroatoms. The topological polar surface area (TPSA) is 54.0 Å². The van der Waals surface area contributed by atoms with E-state index in [-0.39, 0.29) is 11.4 Å². The van der Waals surface area contributed by atoms with Crippen molar-refractivity contribution in [1.29, 1.82) is 0 Å². The number of anilines is 1. The number of rotatable bonds is 4. The minimum Gasteiger partial charge on any atom is -0.370 e. The first-order valence-electron chi connectivity index (χ1n) is 7.07. The van der Waals surface area contributed by atoms with Crippen molar-refractivity contribution in [2.24, 2.45) is 0 Å². The molecule has 1 saturated carbocycles. The van der Waals surface area contributed by atoms with Crippen LogP contribution < -0.4 is 10.6 Å². The van der Waals surface area contributed by atoms with Crippen molar-refractivity contribution in [3.05, 3.63) is 36.0 Å². The third-order valence-corrected chi connectivity index (χ3v) is 3.80. The van der Waals surface area contributed by atoms with Crippen molar-refractivity contribution in [2.45, 2.75) is 32.2 Å². The highest BCUT2D eigenvalue weighted by molar-refractivity contribution is 6.09. The van der Waals surface area contributed by atoms with E-state index in [1.165, 1.54) is 0 Å². The van der Waals surface area contributed by atoms with Gasteiger partial charge in [0, 0.05) is 23.7 Å². The van der Waals surface area contributed by atoms with Crippen LogP contribution in [0.3, 0.4) is 0 Å². The van der Waals surface area contributed by atoms with Crippen molar-refractivity contribution < 1.29 is 4.79 Å². The first-order chi connectivity index (χ1) is 9.63. The molecule has 0 aliphatic heterocycles. The molecule has 1 fully saturated rings. The normalized spacial score (nSPS) is 15.9. The first kappa shape index (κ1) is 12.9. The molecule has 0 radical (unpaired) electrons. The van der Waals surface area contributed by atoms with Crippen molar-refractivity contribution in [1.82, 2.24) is 10.3 Å². The molecule has 0 unspecified atom stereocenters. The average Bonchev–Trinajstić information content (AvgIpc) is 3.16. The Morgan fingerprint density at radius 2 is 2.00 bits per heavy atom. The second kappa shape index (κ2) is 4.78. The lowest BCUT2D eigenvalue weighted by molar-refractivity contribution is 0.0937. The smallest absolute Gasteiger partial charge is 0.253 e. The van der Waals surface area contributed by atoms with E-state index < -0.39 is 0 Å². The highest BCUT2D eigenvalue weighted by Gasteiger charge is 2.39. The summed E-state index contributed by atoms with van der Waals surface area (Å²) in [6, 6.07) is 7.89. The predicted molar refractivity (Wildman–Crippen MR) is 81.0 cm³/mol. The molecule has 1 aliphatic carbocycles. The molecule has 1 aliphatic rings. The zero-order valence-electron chi connectivity index (χ0n) is 11.9. The number of nitrogens with one attached hydrogen (secondary N) is 2. The fraction of sp³-hybridized carbons (Fsp3) is 0.375. The summed E-state index contributed by atoms with van der Waals surface area (Å²) in [6.07, 6.45) is 3.78. The SMILES string of the molecule is CCNc1ncc(C(=O)NC2(C)CC2)c2ccccc12. The molecule has 0 spiro atoms. The third-order valence-electron chi connectivity index (χ3n) is 3.80. The van der Waals surface area contributed by atoms with E-state index >= 15 is 0 Å². The molecule has 0 saturated heterocycles. The summed E-state index contributed by atoms with van der Waals surface area (Å²) in [6.45, 7) is 4.92. The summed E-state index contributed by atoms with van der Waals surface area (Å²) in [7, 11) is 0. The molecule has 4 nitrogen and oxygen atoms in total. The fourth-order valence-electron chi connectivity index (χ4n) is 2.34. The molecule has 2 aromatic rings. The minimum absolute atomic E-state index is 0.0154. The molecule has 1 aromatic heterocycles. The summed E-state index contributed by atoms with van der Waals surface area (Å²) in [5, 5.41) is 8.26. The Bertz CT molecular complexity index is 662. The summed E-state index contributed by atoms with van der Waals surface area (Å²) < 4.78 is 0. The predicted octanol–water partition coefficient (Wildman–Crippen LogP) is 2.95. The zero-order valence-corrected chi connectivity index (χ0v) is 11.9. The van der Waals surface area contributed by atoms with Gasteiger partial charge in [0.1, 0.15) is 5.82 Å². The fourth-order valence-corrected chi connectivity index (χ4v) is 2.34. The molecule has 1 amide bonds. The molecule has 1 aromatic carbocycles. The summed E-state index contributed by atoms with van der Waals surface area (Å²) in [5.41, 5.74) is 0.633. The Morgan fingerprint density at radius 1 is 1.30 bits per heavy atom. The van der Waals surface area contributed by atoms with Gasteiger partial charge in [0.2, 0.25) is 0 Å². The van der Waals surface area contributed by atoms with Gasteiger partial charge in [0.15, 0.2) is 0 Å². The van der Waals surface area contributed by atoms with Gasteiger partial charge in [-0.25, -0.2) is 4.98 Å². The lowest BCUT2D eigenvalue weighted by Gasteiger charge is -2.14. The van der Waals surface area contributed by atoms with Gasteiger partial charge in [-0.3, -0.25) is 4.79 Å². The van der Waals surface area contributed by atoms with Crippen molar-refractivity contribution >= 4 is 22.5 Å². The van der Waals surface area contributed by atoms with Gasteiger partial charge >= 0.3 is 0 Å². The number of benzene rings is 1. The highest BCUT2D eigenvalue weighted by atomic mass is 16.1. The van der Waals surface area contributed by atoms with E-state index in [1.807, 2.05) is 31.2 Å². The number of carbonyl (C=O) groups is 1. The zero-order chi connectivity index (χ0) is 14.2. The number of fused-ring (bicyclic) bond motifs is 1. The van der Waals surface area contributed by atoms with Crippen LogP contribution in [0.1, 0.15) is 37.0 Å². The van der Waals surface area contributed by atoms with Gasteiger partial charge in [-0.1, -0.05) is 24.3 Å². The van der Waals surface area contributed by atoms with Crippen molar-refractivity contribution in [2.75, 3.05) is 11.9 Å². The standard InChI is InChI=1S/C16H19N3O/c1-3-17-14-12-7-5-4-6-11(12)13(10-18-14)15(20)19-16(2)8-9-16/h4-7,10H,3,8-9H2,1-2H3,(H,17,18)(H,19,20). The first-order valence-corrected chi connectivity index (χ1v) is 7.07. The summed E-state index contributed by atoms with van der Waals surface area (Å²) >= 11 is 0. The third kappa shape index (κ3) is 2.33. The van der Waals surface area contributed by atoms with Crippen LogP contribution in [0.15, 0.2) is 30.5 Å². The largest absolute Gasteiger partial charge is 0.370 e. The molecule has 0 bridgehead atoms. The Balaban J connectivity index is 2.03. The number of amides is 1. The second-order valence-electron chi connectivity index (χ2n) is 5.61. The molecule has 1 heterocycles. The molecule has 3 rings (SSSR count). The second-order valence-corrected chi connectivity index (χ2v) is 5.61. The Morgan fingerprint density at radius 3 is 2.65 bits per heavy atom. The van der Waals surface area contributed by atoms with Crippen LogP contribution in [0.4, 0.5) is 5.82 Å². The number of carbonyl (C=O) groups excluding carboxylic acids is 1. The molecule has 0 atom stereocenters.